The highest BCUT2D eigenvalue weighted by molar-refractivity contribution is 5.89. The summed E-state index contributed by atoms with van der Waals surface area (Å²) in [5.41, 5.74) is 1.36. The van der Waals surface area contributed by atoms with Crippen molar-refractivity contribution in [3.8, 4) is 0 Å². The van der Waals surface area contributed by atoms with Gasteiger partial charge in [0.25, 0.3) is 0 Å². The monoisotopic (exact) mass is 278 g/mol. The van der Waals surface area contributed by atoms with Crippen molar-refractivity contribution in [2.75, 3.05) is 13.6 Å². The van der Waals surface area contributed by atoms with Crippen LogP contribution in [-0.2, 0) is 9.59 Å². The van der Waals surface area contributed by atoms with Crippen molar-refractivity contribution >= 4 is 11.9 Å². The zero-order valence-corrected chi connectivity index (χ0v) is 11.3. The molecule has 1 fully saturated rings. The average molecular weight is 278 g/mol. The van der Waals surface area contributed by atoms with E-state index in [0.29, 0.717) is 18.2 Å². The molecule has 20 heavy (non-hydrogen) atoms. The Labute approximate surface area is 117 Å². The van der Waals surface area contributed by atoms with Gasteiger partial charge in [-0.3, -0.25) is 9.88 Å². The van der Waals surface area contributed by atoms with E-state index in [1.54, 1.807) is 0 Å². The van der Waals surface area contributed by atoms with Crippen LogP contribution in [-0.4, -0.2) is 45.6 Å². The number of aliphatic carboxylic acids is 2. The molecular weight excluding hydrogens is 260 g/mol. The summed E-state index contributed by atoms with van der Waals surface area (Å²) in [6.07, 6.45) is 7.52. The average Bonchev–Trinajstić information content (AvgIpc) is 2.84. The molecule has 1 aliphatic heterocycles. The van der Waals surface area contributed by atoms with Crippen LogP contribution < -0.4 is 0 Å². The van der Waals surface area contributed by atoms with E-state index in [-0.39, 0.29) is 0 Å². The van der Waals surface area contributed by atoms with Gasteiger partial charge in [-0.2, -0.15) is 0 Å². The molecule has 0 spiro atoms. The minimum Gasteiger partial charge on any atom is -0.478 e. The molecule has 2 N–H and O–H groups in total. The predicted molar refractivity (Wildman–Crippen MR) is 73.3 cm³/mol. The third-order valence-electron chi connectivity index (χ3n) is 2.96. The second-order valence-corrected chi connectivity index (χ2v) is 4.43. The third-order valence-corrected chi connectivity index (χ3v) is 2.96. The Hall–Kier alpha value is -2.21. The van der Waals surface area contributed by atoms with Crippen LogP contribution in [0.15, 0.2) is 36.7 Å². The molecule has 2 heterocycles. The van der Waals surface area contributed by atoms with Crippen molar-refractivity contribution in [1.29, 1.82) is 0 Å². The number of hydrogen-bond donors (Lipinski definition) is 2. The number of rotatable bonds is 3. The van der Waals surface area contributed by atoms with Gasteiger partial charge in [-0.05, 0) is 38.1 Å². The lowest BCUT2D eigenvalue weighted by Gasteiger charge is -2.18. The highest BCUT2D eigenvalue weighted by Gasteiger charge is 2.21. The predicted octanol–water partition coefficient (Wildman–Crippen LogP) is 1.56. The van der Waals surface area contributed by atoms with Crippen molar-refractivity contribution < 1.29 is 19.8 Å². The van der Waals surface area contributed by atoms with E-state index in [9.17, 15) is 9.59 Å². The van der Waals surface area contributed by atoms with Gasteiger partial charge >= 0.3 is 11.9 Å². The van der Waals surface area contributed by atoms with Crippen molar-refractivity contribution in [3.63, 3.8) is 0 Å². The molecule has 2 rings (SSSR count). The number of hydrogen-bond acceptors (Lipinski definition) is 4. The van der Waals surface area contributed by atoms with E-state index in [2.05, 4.69) is 23.0 Å². The molecule has 6 heteroatoms. The largest absolute Gasteiger partial charge is 0.478 e. The van der Waals surface area contributed by atoms with Crippen molar-refractivity contribution in [2.24, 2.45) is 0 Å². The van der Waals surface area contributed by atoms with Crippen LogP contribution in [0.4, 0.5) is 0 Å². The molecule has 1 aliphatic rings. The van der Waals surface area contributed by atoms with Gasteiger partial charge in [0, 0.05) is 30.6 Å². The molecule has 0 radical (unpaired) electrons. The third kappa shape index (κ3) is 5.62. The van der Waals surface area contributed by atoms with Crippen LogP contribution in [0.2, 0.25) is 0 Å². The van der Waals surface area contributed by atoms with Gasteiger partial charge in [-0.1, -0.05) is 6.07 Å². The first kappa shape index (κ1) is 15.8. The van der Waals surface area contributed by atoms with Gasteiger partial charge in [0.15, 0.2) is 0 Å². The van der Waals surface area contributed by atoms with E-state index in [0.717, 1.165) is 0 Å². The van der Waals surface area contributed by atoms with Gasteiger partial charge in [0.2, 0.25) is 0 Å². The number of pyridine rings is 1. The molecule has 0 amide bonds. The van der Waals surface area contributed by atoms with Crippen molar-refractivity contribution in [2.45, 2.75) is 18.9 Å². The molecule has 1 unspecified atom stereocenters. The minimum atomic E-state index is -1.26. The summed E-state index contributed by atoms with van der Waals surface area (Å²) in [5.74, 6) is -2.51. The number of carboxylic acids is 2. The van der Waals surface area contributed by atoms with Crippen LogP contribution in [0, 0.1) is 0 Å². The molecule has 6 nitrogen and oxygen atoms in total. The summed E-state index contributed by atoms with van der Waals surface area (Å²) in [7, 11) is 2.19. The Morgan fingerprint density at radius 1 is 1.35 bits per heavy atom. The van der Waals surface area contributed by atoms with Gasteiger partial charge in [-0.15, -0.1) is 0 Å². The van der Waals surface area contributed by atoms with E-state index in [1.807, 2.05) is 18.5 Å². The number of carboxylic acid groups (broad SMARTS) is 2. The number of nitrogens with zero attached hydrogens (tertiary/aromatic N) is 2. The summed E-state index contributed by atoms with van der Waals surface area (Å²) in [6.45, 7) is 1.22. The topological polar surface area (TPSA) is 90.7 Å². The fourth-order valence-corrected chi connectivity index (χ4v) is 2.05. The molecular formula is C14H18N2O4. The Morgan fingerprint density at radius 3 is 2.40 bits per heavy atom. The Balaban J connectivity index is 0.000000221. The van der Waals surface area contributed by atoms with Gasteiger partial charge in [0.05, 0.1) is 0 Å². The fraction of sp³-hybridized carbons (Fsp3) is 0.357. The minimum absolute atomic E-state index is 0.558. The molecule has 0 aromatic carbocycles. The molecule has 0 saturated carbocycles. The van der Waals surface area contributed by atoms with E-state index >= 15 is 0 Å². The standard InChI is InChI=1S/C10H14N2.C4H4O4/c1-12-7-3-5-10(12)9-4-2-6-11-8-9;5-3(6)1-2-4(7)8/h2,4,6,8,10H,3,5,7H2,1H3;1-2H,(H,5,6)(H,7,8)/b;2-1+. The summed E-state index contributed by atoms with van der Waals surface area (Å²) in [5, 5.41) is 15.6. The first-order valence-corrected chi connectivity index (χ1v) is 6.25. The first-order valence-electron chi connectivity index (χ1n) is 6.25. The lowest BCUT2D eigenvalue weighted by Crippen LogP contribution is -2.17. The normalized spacial score (nSPS) is 18.6. The molecule has 1 aromatic heterocycles. The van der Waals surface area contributed by atoms with Crippen molar-refractivity contribution in [3.05, 3.63) is 42.2 Å². The highest BCUT2D eigenvalue weighted by Crippen LogP contribution is 2.29. The zero-order chi connectivity index (χ0) is 15.0. The second-order valence-electron chi connectivity index (χ2n) is 4.43. The zero-order valence-electron chi connectivity index (χ0n) is 11.3. The molecule has 1 saturated heterocycles. The van der Waals surface area contributed by atoms with Gasteiger partial charge < -0.3 is 10.2 Å². The van der Waals surface area contributed by atoms with Crippen LogP contribution in [0.3, 0.4) is 0 Å². The molecule has 0 aliphatic carbocycles. The molecule has 0 bridgehead atoms. The Bertz CT molecular complexity index is 457. The number of aromatic nitrogens is 1. The first-order chi connectivity index (χ1) is 9.50. The van der Waals surface area contributed by atoms with E-state index in [4.69, 9.17) is 10.2 Å². The molecule has 108 valence electrons. The number of likely N-dealkylation sites (tertiary alicyclic amines) is 1. The van der Waals surface area contributed by atoms with Gasteiger partial charge in [0.1, 0.15) is 0 Å². The maximum Gasteiger partial charge on any atom is 0.328 e. The maximum atomic E-state index is 9.55. The van der Waals surface area contributed by atoms with E-state index < -0.39 is 11.9 Å². The SMILES string of the molecule is CN1CCCC1c1cccnc1.O=C(O)/C=C/C(=O)O. The molecule has 1 aromatic rings. The Morgan fingerprint density at radius 2 is 2.00 bits per heavy atom. The molecule has 1 atom stereocenters. The maximum absolute atomic E-state index is 9.55. The highest BCUT2D eigenvalue weighted by atomic mass is 16.4. The summed E-state index contributed by atoms with van der Waals surface area (Å²) < 4.78 is 0. The lowest BCUT2D eigenvalue weighted by atomic mass is 10.1. The van der Waals surface area contributed by atoms with Crippen molar-refractivity contribution in [1.82, 2.24) is 9.88 Å². The second kappa shape index (κ2) is 8.06. The van der Waals surface area contributed by atoms with Gasteiger partial charge in [-0.25, -0.2) is 9.59 Å². The quantitative estimate of drug-likeness (QED) is 0.815. The summed E-state index contributed by atoms with van der Waals surface area (Å²) in [6, 6.07) is 4.79. The van der Waals surface area contributed by atoms with Crippen LogP contribution in [0.1, 0.15) is 24.4 Å². The summed E-state index contributed by atoms with van der Waals surface area (Å²) in [4.78, 5) is 25.6. The Kier molecular flexibility index (Phi) is 6.39. The lowest BCUT2D eigenvalue weighted by molar-refractivity contribution is -0.134. The number of carbonyl (C=O) groups is 2. The smallest absolute Gasteiger partial charge is 0.328 e. The summed E-state index contributed by atoms with van der Waals surface area (Å²) >= 11 is 0. The van der Waals surface area contributed by atoms with Crippen LogP contribution in [0.5, 0.6) is 0 Å². The van der Waals surface area contributed by atoms with E-state index in [1.165, 1.54) is 24.9 Å². The van der Waals surface area contributed by atoms with Crippen LogP contribution >= 0.6 is 0 Å². The fourth-order valence-electron chi connectivity index (χ4n) is 2.05. The van der Waals surface area contributed by atoms with Crippen LogP contribution in [0.25, 0.3) is 0 Å².